The van der Waals surface area contributed by atoms with E-state index < -0.39 is 0 Å². The second-order valence-corrected chi connectivity index (χ2v) is 5.79. The number of nitrogens with zero attached hydrogens (tertiary/aromatic N) is 1. The highest BCUT2D eigenvalue weighted by Crippen LogP contribution is 2.29. The average molecular weight is 315 g/mol. The van der Waals surface area contributed by atoms with Gasteiger partial charge in [-0.05, 0) is 59.9 Å². The molecule has 0 radical (unpaired) electrons. The molecule has 0 amide bonds. The molecule has 1 saturated heterocycles. The number of hydrogen-bond donors (Lipinski definition) is 1. The molecule has 0 spiro atoms. The molecule has 1 aliphatic heterocycles. The molecule has 1 heterocycles. The Balaban J connectivity index is 2.07. The van der Waals surface area contributed by atoms with Crippen LogP contribution in [0.25, 0.3) is 0 Å². The molecule has 1 fully saturated rings. The molecule has 1 unspecified atom stereocenters. The third-order valence-corrected chi connectivity index (χ3v) is 4.06. The molecule has 4 heteroatoms. The molecule has 1 aliphatic rings. The first-order chi connectivity index (χ1) is 8.61. The Kier molecular flexibility index (Phi) is 4.62. The van der Waals surface area contributed by atoms with Gasteiger partial charge in [-0.1, -0.05) is 6.92 Å². The Bertz CT molecular complexity index is 423. The summed E-state index contributed by atoms with van der Waals surface area (Å²) in [7, 11) is 0. The van der Waals surface area contributed by atoms with Crippen LogP contribution in [0.5, 0.6) is 0 Å². The molecule has 1 aromatic carbocycles. The molecular weight excluding hydrogens is 295 g/mol. The highest BCUT2D eigenvalue weighted by atomic mass is 79.9. The van der Waals surface area contributed by atoms with Crippen LogP contribution in [0.2, 0.25) is 0 Å². The summed E-state index contributed by atoms with van der Waals surface area (Å²) in [4.78, 5) is 2.28. The molecule has 0 saturated carbocycles. The molecule has 1 aromatic rings. The summed E-state index contributed by atoms with van der Waals surface area (Å²) in [6.07, 6.45) is 2.29. The largest absolute Gasteiger partial charge is 0.370 e. The van der Waals surface area contributed by atoms with Crippen LogP contribution in [-0.4, -0.2) is 25.7 Å². The van der Waals surface area contributed by atoms with Crippen molar-refractivity contribution in [3.05, 3.63) is 28.0 Å². The Morgan fingerprint density at radius 1 is 1.50 bits per heavy atom. The van der Waals surface area contributed by atoms with Crippen molar-refractivity contribution in [2.24, 2.45) is 0 Å². The molecule has 0 aromatic heterocycles. The maximum Gasteiger partial charge on any atom is 0.139 e. The summed E-state index contributed by atoms with van der Waals surface area (Å²) in [5.74, 6) is -0.180. The maximum atomic E-state index is 13.6. The van der Waals surface area contributed by atoms with Crippen LogP contribution in [0.4, 0.5) is 10.1 Å². The van der Waals surface area contributed by atoms with Gasteiger partial charge in [0, 0.05) is 24.8 Å². The number of nitrogens with one attached hydrogen (secondary N) is 1. The van der Waals surface area contributed by atoms with E-state index in [4.69, 9.17) is 0 Å². The fourth-order valence-electron chi connectivity index (χ4n) is 2.47. The predicted octanol–water partition coefficient (Wildman–Crippen LogP) is 3.47. The van der Waals surface area contributed by atoms with Crippen molar-refractivity contribution in [1.82, 2.24) is 5.32 Å². The van der Waals surface area contributed by atoms with Crippen LogP contribution >= 0.6 is 15.9 Å². The van der Waals surface area contributed by atoms with E-state index in [-0.39, 0.29) is 5.82 Å². The lowest BCUT2D eigenvalue weighted by molar-refractivity contribution is 0.549. The third kappa shape index (κ3) is 3.04. The normalized spacial score (nSPS) is 19.6. The zero-order chi connectivity index (χ0) is 13.1. The molecule has 2 nitrogen and oxygen atoms in total. The highest BCUT2D eigenvalue weighted by Gasteiger charge is 2.23. The summed E-state index contributed by atoms with van der Waals surface area (Å²) in [5.41, 5.74) is 2.15. The summed E-state index contributed by atoms with van der Waals surface area (Å²) < 4.78 is 14.2. The van der Waals surface area contributed by atoms with Crippen LogP contribution in [0.1, 0.15) is 25.3 Å². The predicted molar refractivity (Wildman–Crippen MR) is 77.7 cm³/mol. The van der Waals surface area contributed by atoms with Gasteiger partial charge in [-0.15, -0.1) is 0 Å². The summed E-state index contributed by atoms with van der Waals surface area (Å²) >= 11 is 3.23. The van der Waals surface area contributed by atoms with Crippen molar-refractivity contribution in [1.29, 1.82) is 0 Å². The van der Waals surface area contributed by atoms with Crippen LogP contribution in [-0.2, 0) is 0 Å². The van der Waals surface area contributed by atoms with E-state index >= 15 is 0 Å². The van der Waals surface area contributed by atoms with E-state index in [2.05, 4.69) is 33.1 Å². The van der Waals surface area contributed by atoms with Gasteiger partial charge in [0.25, 0.3) is 0 Å². The Morgan fingerprint density at radius 3 is 3.00 bits per heavy atom. The third-order valence-electron chi connectivity index (χ3n) is 3.45. The van der Waals surface area contributed by atoms with Gasteiger partial charge in [0.1, 0.15) is 5.82 Å². The lowest BCUT2D eigenvalue weighted by atomic mass is 10.2. The average Bonchev–Trinajstić information content (AvgIpc) is 2.79. The Labute approximate surface area is 117 Å². The minimum Gasteiger partial charge on any atom is -0.370 e. The molecule has 2 rings (SSSR count). The first-order valence-corrected chi connectivity index (χ1v) is 7.35. The standard InChI is InChI=1S/C14H20BrFN2/c1-3-5-17-11-4-6-18(9-11)14-8-13(16)12(15)7-10(14)2/h7-8,11,17H,3-6,9H2,1-2H3. The smallest absolute Gasteiger partial charge is 0.139 e. The van der Waals surface area contributed by atoms with Crippen molar-refractivity contribution < 1.29 is 4.39 Å². The number of anilines is 1. The molecule has 1 N–H and O–H groups in total. The van der Waals surface area contributed by atoms with E-state index in [9.17, 15) is 4.39 Å². The van der Waals surface area contributed by atoms with E-state index in [0.29, 0.717) is 10.5 Å². The topological polar surface area (TPSA) is 15.3 Å². The monoisotopic (exact) mass is 314 g/mol. The van der Waals surface area contributed by atoms with E-state index in [0.717, 1.165) is 43.7 Å². The maximum absolute atomic E-state index is 13.6. The zero-order valence-electron chi connectivity index (χ0n) is 11.0. The van der Waals surface area contributed by atoms with Crippen LogP contribution in [0.15, 0.2) is 16.6 Å². The van der Waals surface area contributed by atoms with Crippen molar-refractivity contribution >= 4 is 21.6 Å². The second kappa shape index (κ2) is 6.02. The summed E-state index contributed by atoms with van der Waals surface area (Å²) in [6.45, 7) is 7.25. The molecule has 0 aliphatic carbocycles. The first kappa shape index (κ1) is 13.8. The molecule has 0 bridgehead atoms. The lowest BCUT2D eigenvalue weighted by Crippen LogP contribution is -2.33. The number of hydrogen-bond acceptors (Lipinski definition) is 2. The highest BCUT2D eigenvalue weighted by molar-refractivity contribution is 9.10. The number of halogens is 2. The van der Waals surface area contributed by atoms with Gasteiger partial charge in [-0.25, -0.2) is 4.39 Å². The van der Waals surface area contributed by atoms with Gasteiger partial charge in [0.05, 0.1) is 4.47 Å². The first-order valence-electron chi connectivity index (χ1n) is 6.55. The minimum atomic E-state index is -0.180. The second-order valence-electron chi connectivity index (χ2n) is 4.94. The Hall–Kier alpha value is -0.610. The Morgan fingerprint density at radius 2 is 2.28 bits per heavy atom. The molecule has 100 valence electrons. The van der Waals surface area contributed by atoms with Gasteiger partial charge in [-0.3, -0.25) is 0 Å². The van der Waals surface area contributed by atoms with Crippen molar-refractivity contribution in [2.75, 3.05) is 24.5 Å². The molecule has 18 heavy (non-hydrogen) atoms. The van der Waals surface area contributed by atoms with Gasteiger partial charge in [-0.2, -0.15) is 0 Å². The quantitative estimate of drug-likeness (QED) is 0.915. The van der Waals surface area contributed by atoms with Gasteiger partial charge in [0.15, 0.2) is 0 Å². The van der Waals surface area contributed by atoms with Gasteiger partial charge >= 0.3 is 0 Å². The van der Waals surface area contributed by atoms with Gasteiger partial charge < -0.3 is 10.2 Å². The van der Waals surface area contributed by atoms with E-state index in [1.807, 2.05) is 13.0 Å². The van der Waals surface area contributed by atoms with E-state index in [1.54, 1.807) is 6.07 Å². The fraction of sp³-hybridized carbons (Fsp3) is 0.571. The van der Waals surface area contributed by atoms with Crippen LogP contribution < -0.4 is 10.2 Å². The van der Waals surface area contributed by atoms with Crippen LogP contribution in [0, 0.1) is 12.7 Å². The molecule has 1 atom stereocenters. The molecular formula is C14H20BrFN2. The van der Waals surface area contributed by atoms with Crippen molar-refractivity contribution in [3.8, 4) is 0 Å². The summed E-state index contributed by atoms with van der Waals surface area (Å²) in [5, 5.41) is 3.53. The number of rotatable bonds is 4. The van der Waals surface area contributed by atoms with E-state index in [1.165, 1.54) is 0 Å². The SMILES string of the molecule is CCCNC1CCN(c2cc(F)c(Br)cc2C)C1. The van der Waals surface area contributed by atoms with Crippen molar-refractivity contribution in [3.63, 3.8) is 0 Å². The fourth-order valence-corrected chi connectivity index (χ4v) is 2.93. The number of aryl methyl sites for hydroxylation is 1. The minimum absolute atomic E-state index is 0.180. The van der Waals surface area contributed by atoms with Crippen LogP contribution in [0.3, 0.4) is 0 Å². The van der Waals surface area contributed by atoms with Crippen molar-refractivity contribution in [2.45, 2.75) is 32.7 Å². The van der Waals surface area contributed by atoms with Gasteiger partial charge in [0.2, 0.25) is 0 Å². The number of benzene rings is 1. The zero-order valence-corrected chi connectivity index (χ0v) is 12.6. The lowest BCUT2D eigenvalue weighted by Gasteiger charge is -2.21. The summed E-state index contributed by atoms with van der Waals surface area (Å²) in [6, 6.07) is 4.04.